The van der Waals surface area contributed by atoms with Crippen LogP contribution in [0.25, 0.3) is 5.65 Å². The van der Waals surface area contributed by atoms with Gasteiger partial charge in [-0.05, 0) is 6.07 Å². The maximum absolute atomic E-state index is 12.7. The number of aromatic nitrogens is 2. The Morgan fingerprint density at radius 2 is 2.29 bits per heavy atom. The van der Waals surface area contributed by atoms with Gasteiger partial charge in [0.2, 0.25) is 0 Å². The summed E-state index contributed by atoms with van der Waals surface area (Å²) in [6.07, 6.45) is 2.42. The number of hydrogen-bond donors (Lipinski definition) is 1. The number of nitrogens with zero attached hydrogens (tertiary/aromatic N) is 3. The predicted octanol–water partition coefficient (Wildman–Crippen LogP) is 1.19. The van der Waals surface area contributed by atoms with Gasteiger partial charge in [-0.1, -0.05) is 0 Å². The Labute approximate surface area is 96.1 Å². The summed E-state index contributed by atoms with van der Waals surface area (Å²) in [5, 5.41) is 8.82. The number of halogens is 1. The number of aromatic carboxylic acids is 1. The third-order valence-electron chi connectivity index (χ3n) is 2.87. The van der Waals surface area contributed by atoms with Crippen LogP contribution in [0.3, 0.4) is 0 Å². The van der Waals surface area contributed by atoms with Gasteiger partial charge in [-0.15, -0.1) is 0 Å². The minimum atomic E-state index is -1.05. The van der Waals surface area contributed by atoms with Gasteiger partial charge >= 0.3 is 5.97 Å². The van der Waals surface area contributed by atoms with Crippen molar-refractivity contribution >= 4 is 17.3 Å². The number of anilines is 1. The lowest BCUT2D eigenvalue weighted by molar-refractivity contribution is 0.0691. The van der Waals surface area contributed by atoms with Crippen molar-refractivity contribution in [1.29, 1.82) is 0 Å². The molecule has 2 aromatic heterocycles. The first-order valence-electron chi connectivity index (χ1n) is 5.24. The van der Waals surface area contributed by atoms with E-state index in [9.17, 15) is 9.18 Å². The molecule has 0 atom stereocenters. The molecule has 0 radical (unpaired) electrons. The van der Waals surface area contributed by atoms with Crippen LogP contribution in [0.1, 0.15) is 10.5 Å². The van der Waals surface area contributed by atoms with Crippen LogP contribution in [0.4, 0.5) is 10.1 Å². The molecule has 1 fully saturated rings. The summed E-state index contributed by atoms with van der Waals surface area (Å²) in [4.78, 5) is 16.6. The summed E-state index contributed by atoms with van der Waals surface area (Å²) in [5.74, 6) is -1.05. The van der Waals surface area contributed by atoms with Crippen LogP contribution < -0.4 is 4.90 Å². The first-order valence-corrected chi connectivity index (χ1v) is 5.24. The van der Waals surface area contributed by atoms with Gasteiger partial charge < -0.3 is 14.4 Å². The molecule has 6 heteroatoms. The molecule has 1 saturated heterocycles. The molecule has 1 aliphatic rings. The first kappa shape index (κ1) is 10.1. The van der Waals surface area contributed by atoms with E-state index in [4.69, 9.17) is 5.11 Å². The number of imidazole rings is 1. The van der Waals surface area contributed by atoms with Crippen molar-refractivity contribution in [2.24, 2.45) is 0 Å². The Balaban J connectivity index is 1.98. The number of carbonyl (C=O) groups is 1. The third-order valence-corrected chi connectivity index (χ3v) is 2.87. The van der Waals surface area contributed by atoms with Crippen molar-refractivity contribution < 1.29 is 14.3 Å². The molecule has 3 heterocycles. The van der Waals surface area contributed by atoms with Crippen molar-refractivity contribution in [2.75, 3.05) is 18.0 Å². The summed E-state index contributed by atoms with van der Waals surface area (Å²) in [6.45, 7) is 0.783. The molecule has 0 saturated carbocycles. The van der Waals surface area contributed by atoms with Crippen LogP contribution in [0.5, 0.6) is 0 Å². The molecule has 1 aliphatic heterocycles. The number of pyridine rings is 1. The van der Waals surface area contributed by atoms with Crippen molar-refractivity contribution in [1.82, 2.24) is 9.38 Å². The van der Waals surface area contributed by atoms with E-state index in [1.54, 1.807) is 16.7 Å². The average molecular weight is 235 g/mol. The highest BCUT2D eigenvalue weighted by Crippen LogP contribution is 2.23. The van der Waals surface area contributed by atoms with E-state index >= 15 is 0 Å². The van der Waals surface area contributed by atoms with Gasteiger partial charge in [0.15, 0.2) is 5.69 Å². The number of carboxylic acid groups (broad SMARTS) is 1. The second-order valence-electron chi connectivity index (χ2n) is 4.08. The monoisotopic (exact) mass is 235 g/mol. The fourth-order valence-electron chi connectivity index (χ4n) is 1.91. The maximum Gasteiger partial charge on any atom is 0.356 e. The Bertz CT molecular complexity index is 589. The van der Waals surface area contributed by atoms with E-state index in [-0.39, 0.29) is 5.69 Å². The molecule has 0 bridgehead atoms. The molecular weight excluding hydrogens is 225 g/mol. The van der Waals surface area contributed by atoms with Crippen molar-refractivity contribution in [3.63, 3.8) is 0 Å². The highest BCUT2D eigenvalue weighted by molar-refractivity contribution is 5.86. The highest BCUT2D eigenvalue weighted by Gasteiger charge is 2.26. The molecule has 0 amide bonds. The van der Waals surface area contributed by atoms with E-state index in [2.05, 4.69) is 4.98 Å². The fraction of sp³-hybridized carbons (Fsp3) is 0.273. The van der Waals surface area contributed by atoms with Gasteiger partial charge in [0.25, 0.3) is 0 Å². The summed E-state index contributed by atoms with van der Waals surface area (Å²) in [7, 11) is 0. The van der Waals surface area contributed by atoms with Crippen LogP contribution >= 0.6 is 0 Å². The number of rotatable bonds is 2. The number of alkyl halides is 1. The Kier molecular flexibility index (Phi) is 2.04. The summed E-state index contributed by atoms with van der Waals surface area (Å²) in [5.41, 5.74) is 1.44. The quantitative estimate of drug-likeness (QED) is 0.849. The predicted molar refractivity (Wildman–Crippen MR) is 59.3 cm³/mol. The van der Waals surface area contributed by atoms with Crippen molar-refractivity contribution in [3.8, 4) is 0 Å². The zero-order valence-electron chi connectivity index (χ0n) is 8.88. The minimum absolute atomic E-state index is 0.00845. The molecule has 1 N–H and O–H groups in total. The Hall–Kier alpha value is -2.11. The Morgan fingerprint density at radius 1 is 1.53 bits per heavy atom. The molecule has 0 aliphatic carbocycles. The van der Waals surface area contributed by atoms with Gasteiger partial charge in [-0.3, -0.25) is 0 Å². The van der Waals surface area contributed by atoms with Gasteiger partial charge in [-0.2, -0.15) is 0 Å². The van der Waals surface area contributed by atoms with Crippen LogP contribution in [-0.2, 0) is 0 Å². The van der Waals surface area contributed by atoms with E-state index in [1.807, 2.05) is 11.0 Å². The minimum Gasteiger partial charge on any atom is -0.476 e. The number of carboxylic acids is 1. The highest BCUT2D eigenvalue weighted by atomic mass is 19.1. The molecule has 0 aromatic carbocycles. The lowest BCUT2D eigenvalue weighted by Gasteiger charge is -2.36. The summed E-state index contributed by atoms with van der Waals surface area (Å²) >= 11 is 0. The lowest BCUT2D eigenvalue weighted by Crippen LogP contribution is -2.48. The van der Waals surface area contributed by atoms with Gasteiger partial charge in [0, 0.05) is 24.1 Å². The van der Waals surface area contributed by atoms with Crippen molar-refractivity contribution in [3.05, 3.63) is 30.2 Å². The topological polar surface area (TPSA) is 57.8 Å². The standard InChI is InChI=1S/C11H10FN3O2/c12-7-4-15(5-7)8-1-2-14-6-9(11(16)17)13-10(14)3-8/h1-3,6-7H,4-5H2,(H,16,17). The Morgan fingerprint density at radius 3 is 2.94 bits per heavy atom. The molecule has 2 aromatic rings. The first-order chi connectivity index (χ1) is 8.13. The zero-order chi connectivity index (χ0) is 12.0. The molecule has 0 spiro atoms. The zero-order valence-corrected chi connectivity index (χ0v) is 8.88. The summed E-state index contributed by atoms with van der Waals surface area (Å²) in [6, 6.07) is 3.59. The molecule has 5 nitrogen and oxygen atoms in total. The SMILES string of the molecule is O=C(O)c1cn2ccc(N3CC(F)C3)cc2n1. The molecule has 3 rings (SSSR count). The van der Waals surface area contributed by atoms with Gasteiger partial charge in [0.05, 0.1) is 13.1 Å². The maximum atomic E-state index is 12.7. The number of hydrogen-bond acceptors (Lipinski definition) is 3. The normalized spacial score (nSPS) is 16.2. The third kappa shape index (κ3) is 1.61. The van der Waals surface area contributed by atoms with Gasteiger partial charge in [0.1, 0.15) is 11.8 Å². The van der Waals surface area contributed by atoms with E-state index < -0.39 is 12.1 Å². The fourth-order valence-corrected chi connectivity index (χ4v) is 1.91. The molecule has 0 unspecified atom stereocenters. The molecular formula is C11H10FN3O2. The second-order valence-corrected chi connectivity index (χ2v) is 4.08. The van der Waals surface area contributed by atoms with Crippen LogP contribution in [0.15, 0.2) is 24.5 Å². The van der Waals surface area contributed by atoms with E-state index in [1.165, 1.54) is 6.20 Å². The molecule has 17 heavy (non-hydrogen) atoms. The smallest absolute Gasteiger partial charge is 0.356 e. The largest absolute Gasteiger partial charge is 0.476 e. The lowest BCUT2D eigenvalue weighted by atomic mass is 10.1. The number of fused-ring (bicyclic) bond motifs is 1. The van der Waals surface area contributed by atoms with E-state index in [0.29, 0.717) is 18.7 Å². The summed E-state index contributed by atoms with van der Waals surface area (Å²) < 4.78 is 14.4. The van der Waals surface area contributed by atoms with Gasteiger partial charge in [-0.25, -0.2) is 14.2 Å². The second kappa shape index (κ2) is 3.44. The van der Waals surface area contributed by atoms with Crippen LogP contribution in [0.2, 0.25) is 0 Å². The average Bonchev–Trinajstić information content (AvgIpc) is 2.67. The van der Waals surface area contributed by atoms with E-state index in [0.717, 1.165) is 5.69 Å². The molecule has 88 valence electrons. The van der Waals surface area contributed by atoms with Crippen LogP contribution in [0, 0.1) is 0 Å². The van der Waals surface area contributed by atoms with Crippen molar-refractivity contribution in [2.45, 2.75) is 6.17 Å². The van der Waals surface area contributed by atoms with Crippen LogP contribution in [-0.4, -0.2) is 39.7 Å².